The van der Waals surface area contributed by atoms with Gasteiger partial charge >= 0.3 is 0 Å². The molecule has 1 unspecified atom stereocenters. The number of nitrogens with zero attached hydrogens (tertiary/aromatic N) is 2. The second kappa shape index (κ2) is 7.02. The molecule has 0 spiro atoms. The van der Waals surface area contributed by atoms with Gasteiger partial charge in [-0.25, -0.2) is 4.39 Å². The SMILES string of the molecule is O=[N+]([O-])c1ccc(F)cc1NCC1(N2CCOCC2)CCSC1. The number of hydrogen-bond acceptors (Lipinski definition) is 6. The Labute approximate surface area is 138 Å². The summed E-state index contributed by atoms with van der Waals surface area (Å²) in [7, 11) is 0. The van der Waals surface area contributed by atoms with Gasteiger partial charge in [-0.15, -0.1) is 0 Å². The highest BCUT2D eigenvalue weighted by molar-refractivity contribution is 7.99. The van der Waals surface area contributed by atoms with E-state index in [0.29, 0.717) is 19.8 Å². The van der Waals surface area contributed by atoms with Crippen LogP contribution in [0.25, 0.3) is 0 Å². The van der Waals surface area contributed by atoms with Gasteiger partial charge in [-0.3, -0.25) is 15.0 Å². The smallest absolute Gasteiger partial charge is 0.292 e. The van der Waals surface area contributed by atoms with E-state index in [0.717, 1.165) is 37.1 Å². The zero-order valence-corrected chi connectivity index (χ0v) is 13.6. The van der Waals surface area contributed by atoms with Gasteiger partial charge in [-0.1, -0.05) is 0 Å². The Morgan fingerprint density at radius 2 is 2.22 bits per heavy atom. The predicted octanol–water partition coefficient (Wildman–Crippen LogP) is 2.35. The molecule has 2 saturated heterocycles. The normalized spacial score (nSPS) is 25.4. The first-order valence-electron chi connectivity index (χ1n) is 7.69. The molecule has 3 rings (SSSR count). The maximum absolute atomic E-state index is 13.5. The summed E-state index contributed by atoms with van der Waals surface area (Å²) in [6, 6.07) is 3.53. The fraction of sp³-hybridized carbons (Fsp3) is 0.600. The summed E-state index contributed by atoms with van der Waals surface area (Å²) in [5.41, 5.74) is 0.114. The van der Waals surface area contributed by atoms with E-state index >= 15 is 0 Å². The second-order valence-corrected chi connectivity index (χ2v) is 7.00. The molecule has 1 atom stereocenters. The van der Waals surface area contributed by atoms with Crippen molar-refractivity contribution in [2.75, 3.05) is 49.7 Å². The number of benzene rings is 1. The number of nitrogens with one attached hydrogen (secondary N) is 1. The Balaban J connectivity index is 1.77. The molecule has 23 heavy (non-hydrogen) atoms. The number of hydrogen-bond donors (Lipinski definition) is 1. The molecule has 2 heterocycles. The van der Waals surface area contributed by atoms with Crippen molar-refractivity contribution in [3.63, 3.8) is 0 Å². The molecule has 0 saturated carbocycles. The zero-order chi connectivity index (χ0) is 16.3. The van der Waals surface area contributed by atoms with Crippen molar-refractivity contribution in [2.45, 2.75) is 12.0 Å². The van der Waals surface area contributed by atoms with Crippen LogP contribution in [0.4, 0.5) is 15.8 Å². The topological polar surface area (TPSA) is 67.6 Å². The number of morpholine rings is 1. The van der Waals surface area contributed by atoms with Crippen molar-refractivity contribution < 1.29 is 14.1 Å². The van der Waals surface area contributed by atoms with Crippen LogP contribution in [0, 0.1) is 15.9 Å². The van der Waals surface area contributed by atoms with Crippen LogP contribution in [-0.2, 0) is 4.74 Å². The molecule has 0 bridgehead atoms. The molecule has 2 aliphatic rings. The molecule has 126 valence electrons. The van der Waals surface area contributed by atoms with E-state index in [1.807, 2.05) is 11.8 Å². The molecule has 0 aromatic heterocycles. The largest absolute Gasteiger partial charge is 0.379 e. The van der Waals surface area contributed by atoms with Crippen molar-refractivity contribution in [3.05, 3.63) is 34.1 Å². The third-order valence-electron chi connectivity index (χ3n) is 4.53. The molecule has 6 nitrogen and oxygen atoms in total. The van der Waals surface area contributed by atoms with Crippen LogP contribution in [0.3, 0.4) is 0 Å². The Morgan fingerprint density at radius 3 is 2.87 bits per heavy atom. The van der Waals surface area contributed by atoms with Gasteiger partial charge in [0.25, 0.3) is 5.69 Å². The van der Waals surface area contributed by atoms with Crippen LogP contribution < -0.4 is 5.32 Å². The third-order valence-corrected chi connectivity index (χ3v) is 5.76. The van der Waals surface area contributed by atoms with E-state index in [1.165, 1.54) is 12.1 Å². The van der Waals surface area contributed by atoms with Crippen LogP contribution in [0.2, 0.25) is 0 Å². The molecule has 0 aliphatic carbocycles. The van der Waals surface area contributed by atoms with Crippen LogP contribution in [0.15, 0.2) is 18.2 Å². The molecule has 2 aliphatic heterocycles. The molecule has 1 N–H and O–H groups in total. The van der Waals surface area contributed by atoms with Crippen molar-refractivity contribution in [2.24, 2.45) is 0 Å². The summed E-state index contributed by atoms with van der Waals surface area (Å²) in [5, 5.41) is 14.3. The summed E-state index contributed by atoms with van der Waals surface area (Å²) in [6.45, 7) is 3.74. The Bertz CT molecular complexity index is 575. The lowest BCUT2D eigenvalue weighted by atomic mass is 9.95. The van der Waals surface area contributed by atoms with E-state index < -0.39 is 10.7 Å². The number of halogens is 1. The first-order chi connectivity index (χ1) is 11.1. The van der Waals surface area contributed by atoms with Gasteiger partial charge in [0.2, 0.25) is 0 Å². The molecule has 8 heteroatoms. The Morgan fingerprint density at radius 1 is 1.43 bits per heavy atom. The van der Waals surface area contributed by atoms with E-state index in [-0.39, 0.29) is 16.9 Å². The van der Waals surface area contributed by atoms with Crippen LogP contribution in [0.5, 0.6) is 0 Å². The number of nitro benzene ring substituents is 1. The maximum Gasteiger partial charge on any atom is 0.292 e. The van der Waals surface area contributed by atoms with Crippen LogP contribution >= 0.6 is 11.8 Å². The molecule has 0 amide bonds. The quantitative estimate of drug-likeness (QED) is 0.655. The average molecular weight is 341 g/mol. The van der Waals surface area contributed by atoms with Gasteiger partial charge in [-0.2, -0.15) is 11.8 Å². The van der Waals surface area contributed by atoms with E-state index in [1.54, 1.807) is 0 Å². The Kier molecular flexibility index (Phi) is 5.03. The molecular formula is C15H20FN3O3S. The summed E-state index contributed by atoms with van der Waals surface area (Å²) in [6.07, 6.45) is 1.02. The molecule has 1 aromatic carbocycles. The summed E-state index contributed by atoms with van der Waals surface area (Å²) in [4.78, 5) is 13.1. The van der Waals surface area contributed by atoms with Gasteiger partial charge in [-0.05, 0) is 18.2 Å². The standard InChI is InChI=1S/C15H20FN3O3S/c16-12-1-2-14(19(20)21)13(9-12)17-10-15(3-8-23-11-15)18-4-6-22-7-5-18/h1-2,9,17H,3-8,10-11H2. The van der Waals surface area contributed by atoms with E-state index in [4.69, 9.17) is 4.74 Å². The highest BCUT2D eigenvalue weighted by atomic mass is 32.2. The van der Waals surface area contributed by atoms with Crippen molar-refractivity contribution in [3.8, 4) is 0 Å². The monoisotopic (exact) mass is 341 g/mol. The molecule has 0 radical (unpaired) electrons. The third kappa shape index (κ3) is 3.59. The summed E-state index contributed by atoms with van der Waals surface area (Å²) >= 11 is 1.89. The van der Waals surface area contributed by atoms with Crippen LogP contribution in [-0.4, -0.2) is 59.7 Å². The minimum atomic E-state index is -0.480. The highest BCUT2D eigenvalue weighted by Crippen LogP contribution is 2.35. The number of rotatable bonds is 5. The average Bonchev–Trinajstić information content (AvgIpc) is 3.04. The van der Waals surface area contributed by atoms with E-state index in [9.17, 15) is 14.5 Å². The Hall–Kier alpha value is -1.38. The highest BCUT2D eigenvalue weighted by Gasteiger charge is 2.40. The zero-order valence-electron chi connectivity index (χ0n) is 12.8. The minimum absolute atomic E-state index is 0.0470. The lowest BCUT2D eigenvalue weighted by Gasteiger charge is -2.43. The lowest BCUT2D eigenvalue weighted by Crippen LogP contribution is -2.57. The van der Waals surface area contributed by atoms with Crippen LogP contribution in [0.1, 0.15) is 6.42 Å². The predicted molar refractivity (Wildman–Crippen MR) is 88.6 cm³/mol. The van der Waals surface area contributed by atoms with Crippen molar-refractivity contribution in [1.29, 1.82) is 0 Å². The first-order valence-corrected chi connectivity index (χ1v) is 8.85. The molecular weight excluding hydrogens is 321 g/mol. The fourth-order valence-electron chi connectivity index (χ4n) is 3.20. The van der Waals surface area contributed by atoms with Gasteiger partial charge in [0.05, 0.1) is 18.1 Å². The molecule has 1 aromatic rings. The number of nitro groups is 1. The minimum Gasteiger partial charge on any atom is -0.379 e. The number of thioether (sulfide) groups is 1. The fourth-order valence-corrected chi connectivity index (χ4v) is 4.68. The maximum atomic E-state index is 13.5. The number of ether oxygens (including phenoxy) is 1. The lowest BCUT2D eigenvalue weighted by molar-refractivity contribution is -0.384. The number of anilines is 1. The first kappa shape index (κ1) is 16.5. The van der Waals surface area contributed by atoms with Gasteiger partial charge in [0.1, 0.15) is 11.5 Å². The van der Waals surface area contributed by atoms with E-state index in [2.05, 4.69) is 10.2 Å². The van der Waals surface area contributed by atoms with Gasteiger partial charge in [0, 0.05) is 43.1 Å². The second-order valence-electron chi connectivity index (χ2n) is 5.90. The summed E-state index contributed by atoms with van der Waals surface area (Å²) in [5.74, 6) is 1.58. The van der Waals surface area contributed by atoms with Crippen molar-refractivity contribution >= 4 is 23.1 Å². The molecule has 2 fully saturated rings. The van der Waals surface area contributed by atoms with Gasteiger partial charge in [0.15, 0.2) is 0 Å². The van der Waals surface area contributed by atoms with Crippen molar-refractivity contribution in [1.82, 2.24) is 4.90 Å². The van der Waals surface area contributed by atoms with Gasteiger partial charge < -0.3 is 10.1 Å². The summed E-state index contributed by atoms with van der Waals surface area (Å²) < 4.78 is 18.9.